The maximum atomic E-state index is 14.7. The summed E-state index contributed by atoms with van der Waals surface area (Å²) >= 11 is 11.4. The largest absolute Gasteiger partial charge is 0.460 e. The van der Waals surface area contributed by atoms with Gasteiger partial charge in [0.15, 0.2) is 17.5 Å². The predicted molar refractivity (Wildman–Crippen MR) is 105 cm³/mol. The summed E-state index contributed by atoms with van der Waals surface area (Å²) in [5.74, 6) is -4.66. The molecule has 28 heavy (non-hydrogen) atoms. The normalized spacial score (nSPS) is 19.9. The van der Waals surface area contributed by atoms with Crippen LogP contribution in [0.1, 0.15) is 38.8 Å². The van der Waals surface area contributed by atoms with Gasteiger partial charge < -0.3 is 9.64 Å². The van der Waals surface area contributed by atoms with Crippen molar-refractivity contribution in [2.45, 2.75) is 41.2 Å². The average molecular weight is 438 g/mol. The highest BCUT2D eigenvalue weighted by Gasteiger charge is 2.61. The Hall–Kier alpha value is -1.40. The Morgan fingerprint density at radius 1 is 1.14 bits per heavy atom. The Bertz CT molecular complexity index is 803. The van der Waals surface area contributed by atoms with Crippen LogP contribution in [0.3, 0.4) is 0 Å². The fourth-order valence-corrected chi connectivity index (χ4v) is 3.89. The van der Waals surface area contributed by atoms with Crippen LogP contribution in [0.2, 0.25) is 0 Å². The highest BCUT2D eigenvalue weighted by molar-refractivity contribution is 6.55. The average Bonchev–Trinajstić information content (AvgIpc) is 3.16. The molecule has 1 aliphatic rings. The van der Waals surface area contributed by atoms with Crippen molar-refractivity contribution in [3.05, 3.63) is 39.1 Å². The van der Waals surface area contributed by atoms with Crippen molar-refractivity contribution < 1.29 is 22.7 Å². The Kier molecular flexibility index (Phi) is 6.98. The molecule has 156 valence electrons. The Morgan fingerprint density at radius 3 is 2.21 bits per heavy atom. The molecular formula is C20H24Cl2F3NO2. The smallest absolute Gasteiger partial charge is 0.310 e. The minimum absolute atomic E-state index is 0.0471. The van der Waals surface area contributed by atoms with Gasteiger partial charge in [0.1, 0.15) is 11.1 Å². The number of esters is 1. The molecule has 0 aromatic heterocycles. The van der Waals surface area contributed by atoms with Crippen LogP contribution in [-0.4, -0.2) is 19.1 Å². The number of nitrogens with zero attached hydrogens (tertiary/aromatic N) is 1. The summed E-state index contributed by atoms with van der Waals surface area (Å²) in [5.41, 5.74) is -1.21. The van der Waals surface area contributed by atoms with Crippen molar-refractivity contribution in [3.63, 3.8) is 0 Å². The second-order valence-corrected chi connectivity index (χ2v) is 8.46. The minimum atomic E-state index is -1.28. The zero-order chi connectivity index (χ0) is 21.4. The molecule has 0 heterocycles. The van der Waals surface area contributed by atoms with E-state index in [0.717, 1.165) is 0 Å². The summed E-state index contributed by atoms with van der Waals surface area (Å²) in [4.78, 5) is 14.1. The lowest BCUT2D eigenvalue weighted by atomic mass is 10.1. The van der Waals surface area contributed by atoms with Crippen molar-refractivity contribution >= 4 is 34.9 Å². The zero-order valence-corrected chi connectivity index (χ0v) is 18.0. The Morgan fingerprint density at radius 2 is 1.71 bits per heavy atom. The van der Waals surface area contributed by atoms with Gasteiger partial charge in [-0.2, -0.15) is 0 Å². The molecule has 0 aliphatic heterocycles. The minimum Gasteiger partial charge on any atom is -0.460 e. The number of allylic oxidation sites excluding steroid dienone is 1. The molecule has 1 saturated carbocycles. The van der Waals surface area contributed by atoms with Gasteiger partial charge >= 0.3 is 5.97 Å². The summed E-state index contributed by atoms with van der Waals surface area (Å²) in [5, 5.41) is 0. The Labute approximate surface area is 173 Å². The first-order valence-corrected chi connectivity index (χ1v) is 9.84. The molecule has 0 saturated heterocycles. The molecule has 1 fully saturated rings. The summed E-state index contributed by atoms with van der Waals surface area (Å²) in [6.07, 6.45) is 1.56. The third-order valence-electron chi connectivity index (χ3n) is 5.52. The van der Waals surface area contributed by atoms with Crippen LogP contribution >= 0.6 is 23.2 Å². The molecule has 1 aromatic carbocycles. The van der Waals surface area contributed by atoms with Crippen molar-refractivity contribution in [2.24, 2.45) is 17.3 Å². The number of benzene rings is 1. The molecule has 2 atom stereocenters. The summed E-state index contributed by atoms with van der Waals surface area (Å²) < 4.78 is 48.7. The fourth-order valence-electron chi connectivity index (χ4n) is 3.62. The monoisotopic (exact) mass is 437 g/mol. The summed E-state index contributed by atoms with van der Waals surface area (Å²) in [6.45, 7) is 8.63. The molecule has 1 aliphatic carbocycles. The van der Waals surface area contributed by atoms with E-state index < -0.39 is 46.9 Å². The SMILES string of the molecule is CCN(CC)c1c(F)c(C)c(F)c(F)c1COC(=O)[C@@H]1[C@@H](C=C(Cl)Cl)C1(C)C. The van der Waals surface area contributed by atoms with E-state index in [1.54, 1.807) is 24.8 Å². The first-order chi connectivity index (χ1) is 13.0. The van der Waals surface area contributed by atoms with E-state index in [-0.39, 0.29) is 21.7 Å². The number of hydrogen-bond acceptors (Lipinski definition) is 3. The molecular weight excluding hydrogens is 414 g/mol. The van der Waals surface area contributed by atoms with Gasteiger partial charge in [-0.25, -0.2) is 13.2 Å². The third kappa shape index (κ3) is 4.13. The highest BCUT2D eigenvalue weighted by Crippen LogP contribution is 2.60. The third-order valence-corrected chi connectivity index (χ3v) is 5.77. The van der Waals surface area contributed by atoms with Crippen LogP contribution in [-0.2, 0) is 16.1 Å². The van der Waals surface area contributed by atoms with Gasteiger partial charge in [-0.1, -0.05) is 37.0 Å². The molecule has 0 unspecified atom stereocenters. The van der Waals surface area contributed by atoms with Crippen molar-refractivity contribution in [3.8, 4) is 0 Å². The van der Waals surface area contributed by atoms with Crippen LogP contribution in [0.5, 0.6) is 0 Å². The number of rotatable bonds is 7. The van der Waals surface area contributed by atoms with E-state index in [9.17, 15) is 18.0 Å². The van der Waals surface area contributed by atoms with Gasteiger partial charge in [0.2, 0.25) is 0 Å². The van der Waals surface area contributed by atoms with Crippen molar-refractivity contribution in [1.29, 1.82) is 0 Å². The molecule has 0 amide bonds. The number of hydrogen-bond donors (Lipinski definition) is 0. The molecule has 3 nitrogen and oxygen atoms in total. The van der Waals surface area contributed by atoms with E-state index in [0.29, 0.717) is 13.1 Å². The second-order valence-electron chi connectivity index (χ2n) is 7.46. The van der Waals surface area contributed by atoms with Gasteiger partial charge in [-0.15, -0.1) is 0 Å². The molecule has 0 radical (unpaired) electrons. The highest BCUT2D eigenvalue weighted by atomic mass is 35.5. The molecule has 0 bridgehead atoms. The van der Waals surface area contributed by atoms with Crippen molar-refractivity contribution in [1.82, 2.24) is 0 Å². The molecule has 0 N–H and O–H groups in total. The van der Waals surface area contributed by atoms with Crippen LogP contribution in [0.15, 0.2) is 10.6 Å². The quantitative estimate of drug-likeness (QED) is 0.393. The van der Waals surface area contributed by atoms with E-state index in [1.807, 2.05) is 13.8 Å². The van der Waals surface area contributed by atoms with Crippen LogP contribution in [0, 0.1) is 41.6 Å². The van der Waals surface area contributed by atoms with Gasteiger partial charge in [0, 0.05) is 18.7 Å². The standard InChI is InChI=1S/C20H24Cl2F3NO2/c1-6-26(7-2)18-11(17(25)15(23)10(3)16(18)24)9-28-19(27)14-12(8-13(21)22)20(14,4)5/h8,12,14H,6-7,9H2,1-5H3/t12-,14+/m1/s1. The fraction of sp³-hybridized carbons (Fsp3) is 0.550. The topological polar surface area (TPSA) is 29.5 Å². The van der Waals surface area contributed by atoms with E-state index >= 15 is 0 Å². The summed E-state index contributed by atoms with van der Waals surface area (Å²) in [7, 11) is 0. The van der Waals surface area contributed by atoms with Gasteiger partial charge in [0.05, 0.1) is 17.2 Å². The first-order valence-electron chi connectivity index (χ1n) is 9.09. The Balaban J connectivity index is 2.32. The van der Waals surface area contributed by atoms with Gasteiger partial charge in [-0.3, -0.25) is 4.79 Å². The number of anilines is 1. The number of carbonyl (C=O) groups is 1. The number of ether oxygens (including phenoxy) is 1. The molecule has 8 heteroatoms. The van der Waals surface area contributed by atoms with Crippen LogP contribution in [0.4, 0.5) is 18.9 Å². The lowest BCUT2D eigenvalue weighted by Gasteiger charge is -2.26. The predicted octanol–water partition coefficient (Wildman–Crippen LogP) is 5.89. The molecule has 2 rings (SSSR count). The summed E-state index contributed by atoms with van der Waals surface area (Å²) in [6, 6.07) is 0. The maximum Gasteiger partial charge on any atom is 0.310 e. The second kappa shape index (κ2) is 8.54. The van der Waals surface area contributed by atoms with Gasteiger partial charge in [0.25, 0.3) is 0 Å². The number of halogens is 5. The lowest BCUT2D eigenvalue weighted by Crippen LogP contribution is -2.26. The molecule has 0 spiro atoms. The van der Waals surface area contributed by atoms with Crippen LogP contribution in [0.25, 0.3) is 0 Å². The number of carbonyl (C=O) groups excluding carboxylic acids is 1. The van der Waals surface area contributed by atoms with Gasteiger partial charge in [-0.05, 0) is 38.2 Å². The van der Waals surface area contributed by atoms with E-state index in [2.05, 4.69) is 0 Å². The molecule has 1 aromatic rings. The zero-order valence-electron chi connectivity index (χ0n) is 16.5. The van der Waals surface area contributed by atoms with E-state index in [4.69, 9.17) is 27.9 Å². The first kappa shape index (κ1) is 22.9. The lowest BCUT2D eigenvalue weighted by molar-refractivity contribution is -0.147. The maximum absolute atomic E-state index is 14.7. The van der Waals surface area contributed by atoms with Crippen LogP contribution < -0.4 is 4.90 Å². The van der Waals surface area contributed by atoms with Crippen molar-refractivity contribution in [2.75, 3.05) is 18.0 Å². The van der Waals surface area contributed by atoms with E-state index in [1.165, 1.54) is 6.92 Å².